The number of carbonyl (C=O) groups excluding carboxylic acids is 3. The van der Waals surface area contributed by atoms with E-state index in [2.05, 4.69) is 36.2 Å². The normalized spacial score (nSPS) is 11.8. The quantitative estimate of drug-likeness (QED) is 0.0869. The van der Waals surface area contributed by atoms with Gasteiger partial charge in [-0.3, -0.25) is 4.79 Å². The van der Waals surface area contributed by atoms with Crippen molar-refractivity contribution in [2.24, 2.45) is 11.8 Å². The Morgan fingerprint density at radius 3 is 1.98 bits per heavy atom. The number of ether oxygens (including phenoxy) is 3. The minimum atomic E-state index is -0.660. The molecule has 0 saturated heterocycles. The highest BCUT2D eigenvalue weighted by molar-refractivity contribution is 5.91. The molecule has 0 fully saturated rings. The van der Waals surface area contributed by atoms with Gasteiger partial charge in [-0.2, -0.15) is 0 Å². The monoisotopic (exact) mass is 602 g/mol. The Hall–Kier alpha value is -4.07. The van der Waals surface area contributed by atoms with E-state index in [1.807, 2.05) is 12.1 Å². The summed E-state index contributed by atoms with van der Waals surface area (Å²) in [7, 11) is 0. The topological polar surface area (TPSA) is 105 Å². The largest absolute Gasteiger partial charge is 0.463 e. The minimum absolute atomic E-state index is 0.0698. The summed E-state index contributed by atoms with van der Waals surface area (Å²) in [5, 5.41) is 8.27. The molecule has 3 rings (SSSR count). The number of benzene rings is 2. The fourth-order valence-corrected chi connectivity index (χ4v) is 4.54. The number of esters is 3. The fraction of sp³-hybridized carbons (Fsp3) is 0.472. The smallest absolute Gasteiger partial charge is 0.364 e. The van der Waals surface area contributed by atoms with Gasteiger partial charge in [-0.15, -0.1) is 10.2 Å². The average molecular weight is 603 g/mol. The van der Waals surface area contributed by atoms with E-state index >= 15 is 0 Å². The van der Waals surface area contributed by atoms with Crippen LogP contribution in [0.3, 0.4) is 0 Å². The SMILES string of the molecule is CC(C)CCCCCCCCc1ccc(-c2ccc(C(=O)Oc3ccc(C(=O)OCC(C)C(=O)OC(C)C)cc3)nn2)cc1. The Bertz CT molecular complexity index is 1320. The van der Waals surface area contributed by atoms with Crippen LogP contribution in [0.25, 0.3) is 11.3 Å². The van der Waals surface area contributed by atoms with Gasteiger partial charge < -0.3 is 14.2 Å². The molecule has 0 bridgehead atoms. The summed E-state index contributed by atoms with van der Waals surface area (Å²) in [4.78, 5) is 36.8. The Labute approximate surface area is 261 Å². The van der Waals surface area contributed by atoms with Crippen LogP contribution in [0.1, 0.15) is 106 Å². The lowest BCUT2D eigenvalue weighted by atomic mass is 10.0. The van der Waals surface area contributed by atoms with Gasteiger partial charge in [0.15, 0.2) is 5.69 Å². The van der Waals surface area contributed by atoms with Gasteiger partial charge in [0.1, 0.15) is 12.4 Å². The summed E-state index contributed by atoms with van der Waals surface area (Å²) in [5.74, 6) is -1.21. The van der Waals surface area contributed by atoms with Crippen molar-refractivity contribution in [1.29, 1.82) is 0 Å². The molecular formula is C36H46N2O6. The zero-order valence-electron chi connectivity index (χ0n) is 26.7. The molecule has 0 saturated carbocycles. The molecule has 0 N–H and O–H groups in total. The lowest BCUT2D eigenvalue weighted by molar-refractivity contribution is -0.153. The molecule has 0 amide bonds. The van der Waals surface area contributed by atoms with E-state index in [1.54, 1.807) is 32.9 Å². The molecule has 1 atom stereocenters. The third-order valence-corrected chi connectivity index (χ3v) is 7.14. The first-order valence-corrected chi connectivity index (χ1v) is 15.7. The second kappa shape index (κ2) is 17.9. The Morgan fingerprint density at radius 2 is 1.36 bits per heavy atom. The van der Waals surface area contributed by atoms with Crippen LogP contribution in [0, 0.1) is 11.8 Å². The van der Waals surface area contributed by atoms with Crippen LogP contribution >= 0.6 is 0 Å². The Morgan fingerprint density at radius 1 is 0.705 bits per heavy atom. The molecule has 1 aromatic heterocycles. The van der Waals surface area contributed by atoms with Crippen LogP contribution in [0.5, 0.6) is 5.75 Å². The van der Waals surface area contributed by atoms with E-state index in [4.69, 9.17) is 14.2 Å². The predicted octanol–water partition coefficient (Wildman–Crippen LogP) is 8.04. The number of aromatic nitrogens is 2. The van der Waals surface area contributed by atoms with Gasteiger partial charge >= 0.3 is 17.9 Å². The van der Waals surface area contributed by atoms with E-state index in [0.717, 1.165) is 17.9 Å². The van der Waals surface area contributed by atoms with Gasteiger partial charge in [0, 0.05) is 5.56 Å². The van der Waals surface area contributed by atoms with E-state index in [9.17, 15) is 14.4 Å². The van der Waals surface area contributed by atoms with Crippen LogP contribution < -0.4 is 4.74 Å². The van der Waals surface area contributed by atoms with Crippen LogP contribution in [0.4, 0.5) is 0 Å². The highest BCUT2D eigenvalue weighted by Crippen LogP contribution is 2.20. The number of nitrogens with zero attached hydrogens (tertiary/aromatic N) is 2. The summed E-state index contributed by atoms with van der Waals surface area (Å²) in [6.45, 7) is 9.62. The van der Waals surface area contributed by atoms with Crippen molar-refractivity contribution >= 4 is 17.9 Å². The maximum atomic E-state index is 12.6. The standard InChI is InChI=1S/C36H46N2O6/c1-25(2)12-10-8-6-7-9-11-13-28-14-16-29(17-15-28)32-22-23-33(38-37-32)36(41)44-31-20-18-30(19-21-31)35(40)42-24-27(5)34(39)43-26(3)4/h14-23,25-27H,6-13,24H2,1-5H3. The predicted molar refractivity (Wildman–Crippen MR) is 170 cm³/mol. The summed E-state index contributed by atoms with van der Waals surface area (Å²) >= 11 is 0. The van der Waals surface area contributed by atoms with Gasteiger partial charge in [0.2, 0.25) is 0 Å². The van der Waals surface area contributed by atoms with E-state index < -0.39 is 23.8 Å². The molecule has 2 aromatic carbocycles. The number of hydrogen-bond acceptors (Lipinski definition) is 8. The van der Waals surface area contributed by atoms with Gasteiger partial charge in [0.25, 0.3) is 0 Å². The Kier molecular flexibility index (Phi) is 14.0. The molecule has 0 aliphatic rings. The summed E-state index contributed by atoms with van der Waals surface area (Å²) in [6, 6.07) is 17.6. The maximum absolute atomic E-state index is 12.6. The van der Waals surface area contributed by atoms with Crippen LogP contribution in [0.2, 0.25) is 0 Å². The molecule has 236 valence electrons. The Balaban J connectivity index is 1.42. The molecule has 8 nitrogen and oxygen atoms in total. The van der Waals surface area contributed by atoms with Gasteiger partial charge in [0.05, 0.1) is 23.3 Å². The second-order valence-electron chi connectivity index (χ2n) is 12.0. The van der Waals surface area contributed by atoms with Crippen molar-refractivity contribution in [3.63, 3.8) is 0 Å². The molecule has 1 heterocycles. The summed E-state index contributed by atoms with van der Waals surface area (Å²) < 4.78 is 15.7. The van der Waals surface area contributed by atoms with Crippen molar-refractivity contribution in [3.05, 3.63) is 77.5 Å². The maximum Gasteiger partial charge on any atom is 0.364 e. The molecule has 0 aliphatic heterocycles. The van der Waals surface area contributed by atoms with Crippen molar-refractivity contribution in [2.45, 2.75) is 92.1 Å². The number of unbranched alkanes of at least 4 members (excludes halogenated alkanes) is 5. The summed E-state index contributed by atoms with van der Waals surface area (Å²) in [6.07, 6.45) is 9.95. The lowest BCUT2D eigenvalue weighted by Gasteiger charge is -2.14. The first-order valence-electron chi connectivity index (χ1n) is 15.7. The van der Waals surface area contributed by atoms with Crippen LogP contribution in [0.15, 0.2) is 60.7 Å². The van der Waals surface area contributed by atoms with Crippen molar-refractivity contribution in [2.75, 3.05) is 6.61 Å². The first kappa shape index (κ1) is 34.4. The van der Waals surface area contributed by atoms with Crippen molar-refractivity contribution in [3.8, 4) is 17.0 Å². The molecule has 1 unspecified atom stereocenters. The zero-order chi connectivity index (χ0) is 31.9. The molecule has 0 spiro atoms. The number of carbonyl (C=O) groups is 3. The van der Waals surface area contributed by atoms with Gasteiger partial charge in [-0.1, -0.05) is 76.6 Å². The third-order valence-electron chi connectivity index (χ3n) is 7.14. The number of aryl methyl sites for hydroxylation is 1. The molecule has 0 aliphatic carbocycles. The molecular weight excluding hydrogens is 556 g/mol. The van der Waals surface area contributed by atoms with Crippen molar-refractivity contribution in [1.82, 2.24) is 10.2 Å². The van der Waals surface area contributed by atoms with Crippen LogP contribution in [-0.4, -0.2) is 40.8 Å². The van der Waals surface area contributed by atoms with E-state index in [-0.39, 0.29) is 29.7 Å². The fourth-order valence-electron chi connectivity index (χ4n) is 4.54. The molecule has 0 radical (unpaired) electrons. The average Bonchev–Trinajstić information content (AvgIpc) is 3.01. The highest BCUT2D eigenvalue weighted by Gasteiger charge is 2.19. The first-order chi connectivity index (χ1) is 21.1. The lowest BCUT2D eigenvalue weighted by Crippen LogP contribution is -2.24. The van der Waals surface area contributed by atoms with Gasteiger partial charge in [-0.25, -0.2) is 9.59 Å². The van der Waals surface area contributed by atoms with E-state index in [0.29, 0.717) is 5.69 Å². The molecule has 8 heteroatoms. The van der Waals surface area contributed by atoms with Gasteiger partial charge in [-0.05, 0) is 81.5 Å². The highest BCUT2D eigenvalue weighted by atomic mass is 16.6. The number of rotatable bonds is 17. The van der Waals surface area contributed by atoms with E-state index in [1.165, 1.54) is 74.8 Å². The minimum Gasteiger partial charge on any atom is -0.463 e. The van der Waals surface area contributed by atoms with Crippen molar-refractivity contribution < 1.29 is 28.6 Å². The third kappa shape index (κ3) is 11.9. The molecule has 3 aromatic rings. The zero-order valence-corrected chi connectivity index (χ0v) is 26.7. The summed E-state index contributed by atoms with van der Waals surface area (Å²) in [5.41, 5.74) is 3.24. The number of hydrogen-bond donors (Lipinski definition) is 0. The molecule has 44 heavy (non-hydrogen) atoms. The second-order valence-corrected chi connectivity index (χ2v) is 12.0. The van der Waals surface area contributed by atoms with Crippen LogP contribution in [-0.2, 0) is 20.7 Å².